The highest BCUT2D eigenvalue weighted by molar-refractivity contribution is 5.89. The van der Waals surface area contributed by atoms with Crippen molar-refractivity contribution >= 4 is 11.8 Å². The van der Waals surface area contributed by atoms with E-state index in [-0.39, 0.29) is 18.4 Å². The number of hydrogen-bond acceptors (Lipinski definition) is 3. The minimum absolute atomic E-state index is 0.0216. The molecule has 0 heterocycles. The normalized spacial score (nSPS) is 11.3. The molecule has 4 N–H and O–H groups in total. The van der Waals surface area contributed by atoms with Crippen LogP contribution in [0.3, 0.4) is 0 Å². The van der Waals surface area contributed by atoms with Crippen molar-refractivity contribution in [3.05, 3.63) is 0 Å². The molecule has 0 aromatic heterocycles. The molecule has 0 aromatic rings. The molecule has 0 radical (unpaired) electrons. The second kappa shape index (κ2) is 5.70. The van der Waals surface area contributed by atoms with E-state index in [1.54, 1.807) is 13.8 Å². The van der Waals surface area contributed by atoms with Crippen molar-refractivity contribution < 1.29 is 9.59 Å². The van der Waals surface area contributed by atoms with E-state index in [2.05, 4.69) is 10.6 Å². The van der Waals surface area contributed by atoms with E-state index >= 15 is 0 Å². The zero-order chi connectivity index (χ0) is 12.1. The van der Waals surface area contributed by atoms with Gasteiger partial charge < -0.3 is 16.4 Å². The highest BCUT2D eigenvalue weighted by Gasteiger charge is 2.21. The van der Waals surface area contributed by atoms with Crippen molar-refractivity contribution in [1.29, 1.82) is 0 Å². The molecule has 0 unspecified atom stereocenters. The monoisotopic (exact) mass is 215 g/mol. The number of hydrogen-bond donors (Lipinski definition) is 3. The van der Waals surface area contributed by atoms with Crippen LogP contribution >= 0.6 is 0 Å². The Morgan fingerprint density at radius 2 is 1.80 bits per heavy atom. The van der Waals surface area contributed by atoms with Crippen LogP contribution in [-0.4, -0.2) is 30.4 Å². The maximum Gasteiger partial charge on any atom is 0.239 e. The molecule has 0 aromatic carbocycles. The zero-order valence-corrected chi connectivity index (χ0v) is 9.89. The summed E-state index contributed by atoms with van der Waals surface area (Å²) in [5, 5.41) is 5.16. The molecule has 0 fully saturated rings. The van der Waals surface area contributed by atoms with Gasteiger partial charge in [-0.2, -0.15) is 0 Å². The predicted molar refractivity (Wildman–Crippen MR) is 59.1 cm³/mol. The van der Waals surface area contributed by atoms with Crippen LogP contribution in [0.2, 0.25) is 0 Å². The Kier molecular flexibility index (Phi) is 5.28. The minimum atomic E-state index is -0.946. The molecule has 5 heteroatoms. The minimum Gasteiger partial charge on any atom is -0.354 e. The van der Waals surface area contributed by atoms with Crippen LogP contribution in [0.5, 0.6) is 0 Å². The summed E-state index contributed by atoms with van der Waals surface area (Å²) in [7, 11) is 0. The molecule has 0 aliphatic heterocycles. The Labute approximate surface area is 90.8 Å². The number of carbonyl (C=O) groups is 2. The maximum atomic E-state index is 11.3. The molecule has 88 valence electrons. The van der Waals surface area contributed by atoms with Crippen molar-refractivity contribution in [2.24, 2.45) is 11.7 Å². The van der Waals surface area contributed by atoms with Gasteiger partial charge in [0.15, 0.2) is 0 Å². The topological polar surface area (TPSA) is 84.2 Å². The molecule has 0 rings (SSSR count). The Morgan fingerprint density at radius 3 is 2.20 bits per heavy atom. The first-order valence-electron chi connectivity index (χ1n) is 5.07. The van der Waals surface area contributed by atoms with Crippen molar-refractivity contribution in [2.45, 2.75) is 33.2 Å². The first-order chi connectivity index (χ1) is 6.73. The second-order valence-corrected chi connectivity index (χ2v) is 4.60. The molecule has 0 spiro atoms. The van der Waals surface area contributed by atoms with Gasteiger partial charge in [-0.05, 0) is 19.8 Å². The molecule has 15 heavy (non-hydrogen) atoms. The van der Waals surface area contributed by atoms with E-state index < -0.39 is 5.54 Å². The molecular weight excluding hydrogens is 194 g/mol. The lowest BCUT2D eigenvalue weighted by Gasteiger charge is -2.17. The second-order valence-electron chi connectivity index (χ2n) is 4.60. The van der Waals surface area contributed by atoms with E-state index in [1.807, 2.05) is 13.8 Å². The largest absolute Gasteiger partial charge is 0.354 e. The number of nitrogens with two attached hydrogens (primary N) is 1. The number of carbonyl (C=O) groups excluding carboxylic acids is 2. The van der Waals surface area contributed by atoms with Gasteiger partial charge >= 0.3 is 0 Å². The van der Waals surface area contributed by atoms with Gasteiger partial charge in [0.05, 0.1) is 12.1 Å². The first-order valence-corrected chi connectivity index (χ1v) is 5.07. The molecule has 0 saturated carbocycles. The Bertz CT molecular complexity index is 231. The molecule has 0 saturated heterocycles. The average Bonchev–Trinajstić information content (AvgIpc) is 2.09. The van der Waals surface area contributed by atoms with Gasteiger partial charge in [0.25, 0.3) is 0 Å². The summed E-state index contributed by atoms with van der Waals surface area (Å²) >= 11 is 0. The van der Waals surface area contributed by atoms with E-state index in [0.717, 1.165) is 0 Å². The summed E-state index contributed by atoms with van der Waals surface area (Å²) in [6.07, 6.45) is 0. The van der Waals surface area contributed by atoms with Crippen LogP contribution in [0, 0.1) is 5.92 Å². The fourth-order valence-electron chi connectivity index (χ4n) is 0.769. The van der Waals surface area contributed by atoms with Gasteiger partial charge in [-0.1, -0.05) is 13.8 Å². The first kappa shape index (κ1) is 13.9. The Balaban J connectivity index is 3.77. The van der Waals surface area contributed by atoms with E-state index in [1.165, 1.54) is 0 Å². The Morgan fingerprint density at radius 1 is 1.27 bits per heavy atom. The zero-order valence-electron chi connectivity index (χ0n) is 9.89. The summed E-state index contributed by atoms with van der Waals surface area (Å²) < 4.78 is 0. The lowest BCUT2D eigenvalue weighted by molar-refractivity contribution is -0.128. The van der Waals surface area contributed by atoms with Crippen LogP contribution in [0.25, 0.3) is 0 Å². The summed E-state index contributed by atoms with van der Waals surface area (Å²) in [6.45, 7) is 7.78. The van der Waals surface area contributed by atoms with Crippen LogP contribution < -0.4 is 16.4 Å². The third-order valence-electron chi connectivity index (χ3n) is 1.70. The van der Waals surface area contributed by atoms with Gasteiger partial charge in [0.2, 0.25) is 11.8 Å². The van der Waals surface area contributed by atoms with Crippen molar-refractivity contribution in [1.82, 2.24) is 10.6 Å². The lowest BCUT2D eigenvalue weighted by Crippen LogP contribution is -2.51. The van der Waals surface area contributed by atoms with Crippen molar-refractivity contribution in [3.63, 3.8) is 0 Å². The quantitative estimate of drug-likeness (QED) is 0.584. The summed E-state index contributed by atoms with van der Waals surface area (Å²) in [4.78, 5) is 22.5. The lowest BCUT2D eigenvalue weighted by atomic mass is 10.1. The molecule has 5 nitrogen and oxygen atoms in total. The van der Waals surface area contributed by atoms with Crippen LogP contribution in [0.1, 0.15) is 27.7 Å². The van der Waals surface area contributed by atoms with Crippen LogP contribution in [0.4, 0.5) is 0 Å². The smallest absolute Gasteiger partial charge is 0.239 e. The molecular formula is C10H21N3O2. The molecule has 0 bridgehead atoms. The predicted octanol–water partition coefficient (Wildman–Crippen LogP) is -0.388. The third-order valence-corrected chi connectivity index (χ3v) is 1.70. The average molecular weight is 215 g/mol. The Hall–Kier alpha value is -1.10. The van der Waals surface area contributed by atoms with Crippen molar-refractivity contribution in [2.75, 3.05) is 13.1 Å². The number of amides is 2. The number of rotatable bonds is 5. The van der Waals surface area contributed by atoms with E-state index in [4.69, 9.17) is 5.73 Å². The summed E-state index contributed by atoms with van der Waals surface area (Å²) in [6, 6.07) is 0. The van der Waals surface area contributed by atoms with E-state index in [0.29, 0.717) is 12.5 Å². The van der Waals surface area contributed by atoms with Gasteiger partial charge in [-0.15, -0.1) is 0 Å². The standard InChI is InChI=1S/C10H21N3O2/c1-7(2)5-12-8(14)6-13-9(15)10(3,4)11/h7H,5-6,11H2,1-4H3,(H,12,14)(H,13,15). The summed E-state index contributed by atoms with van der Waals surface area (Å²) in [5.41, 5.74) is 4.60. The molecule has 0 atom stereocenters. The van der Waals surface area contributed by atoms with Crippen LogP contribution in [0.15, 0.2) is 0 Å². The summed E-state index contributed by atoms with van der Waals surface area (Å²) in [5.74, 6) is -0.126. The third kappa shape index (κ3) is 6.90. The SMILES string of the molecule is CC(C)CNC(=O)CNC(=O)C(C)(C)N. The molecule has 0 aliphatic carbocycles. The highest BCUT2D eigenvalue weighted by atomic mass is 16.2. The van der Waals surface area contributed by atoms with Gasteiger partial charge in [-0.3, -0.25) is 9.59 Å². The van der Waals surface area contributed by atoms with Crippen molar-refractivity contribution in [3.8, 4) is 0 Å². The fraction of sp³-hybridized carbons (Fsp3) is 0.800. The van der Waals surface area contributed by atoms with E-state index in [9.17, 15) is 9.59 Å². The van der Waals surface area contributed by atoms with Gasteiger partial charge in [0.1, 0.15) is 0 Å². The van der Waals surface area contributed by atoms with Gasteiger partial charge in [0, 0.05) is 6.54 Å². The highest BCUT2D eigenvalue weighted by Crippen LogP contribution is 1.94. The number of nitrogens with one attached hydrogen (secondary N) is 2. The maximum absolute atomic E-state index is 11.3. The van der Waals surface area contributed by atoms with Crippen LogP contribution in [-0.2, 0) is 9.59 Å². The molecule has 0 aliphatic rings. The molecule has 2 amide bonds. The fourth-order valence-corrected chi connectivity index (χ4v) is 0.769. The van der Waals surface area contributed by atoms with Gasteiger partial charge in [-0.25, -0.2) is 0 Å².